The van der Waals surface area contributed by atoms with Crippen LogP contribution in [-0.2, 0) is 13.1 Å². The van der Waals surface area contributed by atoms with Gasteiger partial charge >= 0.3 is 0 Å². The molecule has 18 heavy (non-hydrogen) atoms. The van der Waals surface area contributed by atoms with Crippen LogP contribution in [0.15, 0.2) is 37.7 Å². The number of rotatable bonds is 4. The number of hydrogen-bond donors (Lipinski definition) is 2. The van der Waals surface area contributed by atoms with Crippen molar-refractivity contribution >= 4 is 44.6 Å². The van der Waals surface area contributed by atoms with Gasteiger partial charge in [0.25, 0.3) is 0 Å². The molecule has 2 heterocycles. The molecule has 0 saturated carbocycles. The monoisotopic (exact) mass is 343 g/mol. The zero-order chi connectivity index (χ0) is 12.8. The smallest absolute Gasteiger partial charge is 0.191 e. The molecule has 0 unspecified atom stereocenters. The number of nitrogens with zero attached hydrogens (tertiary/aromatic N) is 1. The molecule has 0 aliphatic rings. The number of halogens is 1. The second-order valence-corrected chi connectivity index (χ2v) is 6.94. The van der Waals surface area contributed by atoms with Gasteiger partial charge in [0.2, 0.25) is 0 Å². The van der Waals surface area contributed by atoms with Gasteiger partial charge in [-0.15, -0.1) is 11.3 Å². The zero-order valence-corrected chi connectivity index (χ0v) is 13.2. The highest BCUT2D eigenvalue weighted by Gasteiger charge is 2.01. The molecular weight excluding hydrogens is 330 g/mol. The summed E-state index contributed by atoms with van der Waals surface area (Å²) in [6, 6.07) is 6.28. The van der Waals surface area contributed by atoms with Crippen molar-refractivity contribution in [2.24, 2.45) is 4.99 Å². The van der Waals surface area contributed by atoms with Crippen molar-refractivity contribution in [3.8, 4) is 0 Å². The van der Waals surface area contributed by atoms with E-state index in [0.717, 1.165) is 22.8 Å². The number of guanidine groups is 1. The fraction of sp³-hybridized carbons (Fsp3) is 0.250. The Morgan fingerprint density at radius 1 is 1.28 bits per heavy atom. The van der Waals surface area contributed by atoms with Crippen LogP contribution in [0, 0.1) is 0 Å². The second kappa shape index (κ2) is 6.92. The largest absolute Gasteiger partial charge is 0.352 e. The first kappa shape index (κ1) is 13.6. The van der Waals surface area contributed by atoms with Crippen LogP contribution in [0.3, 0.4) is 0 Å². The van der Waals surface area contributed by atoms with E-state index in [1.165, 1.54) is 10.4 Å². The highest BCUT2D eigenvalue weighted by molar-refractivity contribution is 9.11. The van der Waals surface area contributed by atoms with Gasteiger partial charge in [-0.05, 0) is 50.5 Å². The molecule has 0 atom stereocenters. The summed E-state index contributed by atoms with van der Waals surface area (Å²) in [4.78, 5) is 5.48. The lowest BCUT2D eigenvalue weighted by Crippen LogP contribution is -2.36. The topological polar surface area (TPSA) is 36.4 Å². The summed E-state index contributed by atoms with van der Waals surface area (Å²) < 4.78 is 1.15. The standard InChI is InChI=1S/C12H14BrN3S2/c1-14-12(15-6-9-4-5-17-8-9)16-7-10-2-3-11(13)18-10/h2-5,8H,6-7H2,1H3,(H2,14,15,16). The number of thiophene rings is 2. The molecule has 0 aliphatic heterocycles. The van der Waals surface area contributed by atoms with E-state index < -0.39 is 0 Å². The highest BCUT2D eigenvalue weighted by Crippen LogP contribution is 2.21. The summed E-state index contributed by atoms with van der Waals surface area (Å²) in [5, 5.41) is 10.8. The van der Waals surface area contributed by atoms with Gasteiger partial charge in [0.05, 0.1) is 10.3 Å². The number of nitrogens with one attached hydrogen (secondary N) is 2. The molecule has 0 spiro atoms. The van der Waals surface area contributed by atoms with Gasteiger partial charge in [-0.2, -0.15) is 11.3 Å². The SMILES string of the molecule is CN=C(NCc1ccsc1)NCc1ccc(Br)s1. The molecule has 0 aromatic carbocycles. The number of aliphatic imine (C=N–C) groups is 1. The third-order valence-corrected chi connectivity index (χ3v) is 4.68. The molecule has 0 bridgehead atoms. The van der Waals surface area contributed by atoms with Gasteiger partial charge in [-0.1, -0.05) is 0 Å². The average Bonchev–Trinajstić information content (AvgIpc) is 3.01. The van der Waals surface area contributed by atoms with Gasteiger partial charge in [0, 0.05) is 18.5 Å². The molecule has 0 saturated heterocycles. The lowest BCUT2D eigenvalue weighted by atomic mass is 10.3. The van der Waals surface area contributed by atoms with Gasteiger partial charge in [-0.3, -0.25) is 4.99 Å². The zero-order valence-electron chi connectivity index (χ0n) is 9.94. The van der Waals surface area contributed by atoms with E-state index >= 15 is 0 Å². The third-order valence-electron chi connectivity index (χ3n) is 2.32. The molecule has 0 fully saturated rings. The summed E-state index contributed by atoms with van der Waals surface area (Å²) in [5.41, 5.74) is 1.28. The number of hydrogen-bond acceptors (Lipinski definition) is 3. The van der Waals surface area contributed by atoms with Crippen molar-refractivity contribution in [1.29, 1.82) is 0 Å². The van der Waals surface area contributed by atoms with Crippen molar-refractivity contribution in [2.45, 2.75) is 13.1 Å². The van der Waals surface area contributed by atoms with Crippen LogP contribution in [0.2, 0.25) is 0 Å². The van der Waals surface area contributed by atoms with Crippen LogP contribution in [0.25, 0.3) is 0 Å². The van der Waals surface area contributed by atoms with Crippen molar-refractivity contribution < 1.29 is 0 Å². The molecule has 0 radical (unpaired) electrons. The van der Waals surface area contributed by atoms with Gasteiger partial charge in [-0.25, -0.2) is 0 Å². The Morgan fingerprint density at radius 2 is 2.11 bits per heavy atom. The molecule has 2 aromatic rings. The van der Waals surface area contributed by atoms with E-state index in [9.17, 15) is 0 Å². The van der Waals surface area contributed by atoms with E-state index in [1.807, 2.05) is 0 Å². The van der Waals surface area contributed by atoms with Crippen molar-refractivity contribution in [3.63, 3.8) is 0 Å². The van der Waals surface area contributed by atoms with Gasteiger partial charge < -0.3 is 10.6 Å². The van der Waals surface area contributed by atoms with E-state index in [1.54, 1.807) is 29.7 Å². The normalized spacial score (nSPS) is 11.6. The van der Waals surface area contributed by atoms with E-state index in [-0.39, 0.29) is 0 Å². The van der Waals surface area contributed by atoms with Crippen LogP contribution in [0.1, 0.15) is 10.4 Å². The van der Waals surface area contributed by atoms with Crippen LogP contribution in [0.4, 0.5) is 0 Å². The van der Waals surface area contributed by atoms with Crippen LogP contribution in [-0.4, -0.2) is 13.0 Å². The lowest BCUT2D eigenvalue weighted by molar-refractivity contribution is 0.817. The Morgan fingerprint density at radius 3 is 2.72 bits per heavy atom. The summed E-state index contributed by atoms with van der Waals surface area (Å²) >= 11 is 6.90. The molecule has 2 aromatic heterocycles. The molecule has 2 rings (SSSR count). The minimum atomic E-state index is 0.791. The van der Waals surface area contributed by atoms with Gasteiger partial charge in [0.1, 0.15) is 0 Å². The summed E-state index contributed by atoms with van der Waals surface area (Å²) in [7, 11) is 1.79. The fourth-order valence-corrected chi connectivity index (χ4v) is 3.51. The molecule has 0 amide bonds. The van der Waals surface area contributed by atoms with Crippen LogP contribution < -0.4 is 10.6 Å². The first-order valence-corrected chi connectivity index (χ1v) is 8.03. The second-order valence-electron chi connectivity index (χ2n) is 3.62. The first-order valence-electron chi connectivity index (χ1n) is 5.48. The lowest BCUT2D eigenvalue weighted by Gasteiger charge is -2.10. The Balaban J connectivity index is 1.79. The minimum absolute atomic E-state index is 0.791. The van der Waals surface area contributed by atoms with E-state index in [4.69, 9.17) is 0 Å². The highest BCUT2D eigenvalue weighted by atomic mass is 79.9. The Bertz CT molecular complexity index is 505. The molecule has 3 nitrogen and oxygen atoms in total. The van der Waals surface area contributed by atoms with Crippen LogP contribution >= 0.6 is 38.6 Å². The predicted molar refractivity (Wildman–Crippen MR) is 83.4 cm³/mol. The molecular formula is C12H14BrN3S2. The molecule has 0 aliphatic carbocycles. The quantitative estimate of drug-likeness (QED) is 0.659. The molecule has 2 N–H and O–H groups in total. The maximum atomic E-state index is 4.20. The van der Waals surface area contributed by atoms with Crippen molar-refractivity contribution in [1.82, 2.24) is 10.6 Å². The minimum Gasteiger partial charge on any atom is -0.352 e. The average molecular weight is 344 g/mol. The summed E-state index contributed by atoms with van der Waals surface area (Å²) in [6.45, 7) is 1.59. The maximum Gasteiger partial charge on any atom is 0.191 e. The Hall–Kier alpha value is -0.850. The van der Waals surface area contributed by atoms with Crippen molar-refractivity contribution in [3.05, 3.63) is 43.2 Å². The van der Waals surface area contributed by atoms with E-state index in [0.29, 0.717) is 0 Å². The summed E-state index contributed by atoms with van der Waals surface area (Å²) in [5.74, 6) is 0.825. The van der Waals surface area contributed by atoms with E-state index in [2.05, 4.69) is 60.5 Å². The Labute approximate surface area is 123 Å². The fourth-order valence-electron chi connectivity index (χ4n) is 1.42. The maximum absolute atomic E-state index is 4.20. The van der Waals surface area contributed by atoms with Crippen LogP contribution in [0.5, 0.6) is 0 Å². The summed E-state index contributed by atoms with van der Waals surface area (Å²) in [6.07, 6.45) is 0. The predicted octanol–water partition coefficient (Wildman–Crippen LogP) is 3.44. The first-order chi connectivity index (χ1) is 8.78. The third kappa shape index (κ3) is 4.12. The van der Waals surface area contributed by atoms with Gasteiger partial charge in [0.15, 0.2) is 5.96 Å². The van der Waals surface area contributed by atoms with Crippen molar-refractivity contribution in [2.75, 3.05) is 7.05 Å². The molecule has 96 valence electrons. The Kier molecular flexibility index (Phi) is 5.22. The molecule has 6 heteroatoms.